The molecule has 0 unspecified atom stereocenters. The van der Waals surface area contributed by atoms with Crippen molar-refractivity contribution in [2.24, 2.45) is 0 Å². The van der Waals surface area contributed by atoms with E-state index in [9.17, 15) is 8.42 Å². The zero-order valence-electron chi connectivity index (χ0n) is 11.6. The largest absolute Gasteiger partial charge is 0.278 e. The van der Waals surface area contributed by atoms with Gasteiger partial charge in [0.1, 0.15) is 0 Å². The number of aryl methyl sites for hydroxylation is 3. The number of nitrogens with one attached hydrogen (secondary N) is 1. The predicted molar refractivity (Wildman–Crippen MR) is 85.6 cm³/mol. The van der Waals surface area contributed by atoms with Gasteiger partial charge in [0.15, 0.2) is 0 Å². The summed E-state index contributed by atoms with van der Waals surface area (Å²) in [4.78, 5) is 0.311. The third-order valence-corrected chi connectivity index (χ3v) is 5.63. The Morgan fingerprint density at radius 3 is 2.40 bits per heavy atom. The Morgan fingerprint density at radius 1 is 1.00 bits per heavy atom. The lowest BCUT2D eigenvalue weighted by atomic mass is 10.2. The van der Waals surface area contributed by atoms with Crippen LogP contribution in [-0.2, 0) is 10.0 Å². The maximum Gasteiger partial charge on any atom is 0.262 e. The molecule has 1 N–H and O–H groups in total. The fraction of sp³-hybridized carbons (Fsp3) is 0.200. The molecule has 0 saturated heterocycles. The SMILES string of the molecule is Cc1ccc(C)c(S(=O)(=O)Nc2cccc(C)c2Br)c1. The Morgan fingerprint density at radius 2 is 1.70 bits per heavy atom. The lowest BCUT2D eigenvalue weighted by Crippen LogP contribution is -2.15. The van der Waals surface area contributed by atoms with Gasteiger partial charge < -0.3 is 0 Å². The Labute approximate surface area is 128 Å². The molecule has 2 aromatic carbocycles. The van der Waals surface area contributed by atoms with Crippen molar-refractivity contribution < 1.29 is 8.42 Å². The first-order valence-electron chi connectivity index (χ1n) is 6.16. The number of benzene rings is 2. The molecule has 106 valence electrons. The lowest BCUT2D eigenvalue weighted by Gasteiger charge is -2.13. The zero-order valence-corrected chi connectivity index (χ0v) is 14.0. The molecule has 0 heterocycles. The van der Waals surface area contributed by atoms with Gasteiger partial charge >= 0.3 is 0 Å². The summed E-state index contributed by atoms with van der Waals surface area (Å²) in [5.74, 6) is 0. The molecule has 0 spiro atoms. The smallest absolute Gasteiger partial charge is 0.262 e. The van der Waals surface area contributed by atoms with Crippen molar-refractivity contribution >= 4 is 31.6 Å². The van der Waals surface area contributed by atoms with Crippen molar-refractivity contribution in [3.63, 3.8) is 0 Å². The van der Waals surface area contributed by atoms with Crippen LogP contribution in [0.2, 0.25) is 0 Å². The van der Waals surface area contributed by atoms with E-state index in [2.05, 4.69) is 20.7 Å². The molecule has 0 aliphatic rings. The standard InChI is InChI=1S/C15H16BrNO2S/c1-10-7-8-11(2)14(9-10)20(18,19)17-13-6-4-5-12(3)15(13)16/h4-9,17H,1-3H3. The third-order valence-electron chi connectivity index (χ3n) is 3.07. The van der Waals surface area contributed by atoms with Gasteiger partial charge in [-0.1, -0.05) is 24.3 Å². The third kappa shape index (κ3) is 3.04. The van der Waals surface area contributed by atoms with Gasteiger partial charge in [-0.15, -0.1) is 0 Å². The second kappa shape index (κ2) is 5.58. The highest BCUT2D eigenvalue weighted by Crippen LogP contribution is 2.28. The summed E-state index contributed by atoms with van der Waals surface area (Å²) in [6, 6.07) is 10.9. The highest BCUT2D eigenvalue weighted by atomic mass is 79.9. The van der Waals surface area contributed by atoms with Gasteiger partial charge in [-0.25, -0.2) is 8.42 Å². The van der Waals surface area contributed by atoms with Crippen LogP contribution in [0.25, 0.3) is 0 Å². The van der Waals surface area contributed by atoms with E-state index < -0.39 is 10.0 Å². The first-order valence-corrected chi connectivity index (χ1v) is 8.44. The summed E-state index contributed by atoms with van der Waals surface area (Å²) < 4.78 is 28.4. The first-order chi connectivity index (χ1) is 9.31. The Balaban J connectivity index is 2.46. The fourth-order valence-corrected chi connectivity index (χ4v) is 3.82. The molecule has 5 heteroatoms. The molecular formula is C15H16BrNO2S. The van der Waals surface area contributed by atoms with Crippen LogP contribution in [0.5, 0.6) is 0 Å². The number of halogens is 1. The molecule has 0 aliphatic heterocycles. The van der Waals surface area contributed by atoms with E-state index in [-0.39, 0.29) is 0 Å². The monoisotopic (exact) mass is 353 g/mol. The first kappa shape index (κ1) is 15.1. The summed E-state index contributed by atoms with van der Waals surface area (Å²) in [5, 5.41) is 0. The average Bonchev–Trinajstić information content (AvgIpc) is 2.37. The minimum Gasteiger partial charge on any atom is -0.278 e. The number of rotatable bonds is 3. The topological polar surface area (TPSA) is 46.2 Å². The fourth-order valence-electron chi connectivity index (χ4n) is 1.92. The Hall–Kier alpha value is -1.33. The second-order valence-corrected chi connectivity index (χ2v) is 7.25. The number of anilines is 1. The molecule has 20 heavy (non-hydrogen) atoms. The van der Waals surface area contributed by atoms with Crippen LogP contribution in [0.3, 0.4) is 0 Å². The van der Waals surface area contributed by atoms with Gasteiger partial charge in [-0.05, 0) is 65.5 Å². The summed E-state index contributed by atoms with van der Waals surface area (Å²) in [6.45, 7) is 5.58. The Bertz CT molecular complexity index is 754. The second-order valence-electron chi connectivity index (χ2n) is 4.81. The molecule has 0 radical (unpaired) electrons. The van der Waals surface area contributed by atoms with E-state index in [0.717, 1.165) is 21.2 Å². The minimum atomic E-state index is -3.59. The molecular weight excluding hydrogens is 338 g/mol. The summed E-state index contributed by atoms with van der Waals surface area (Å²) in [6.07, 6.45) is 0. The van der Waals surface area contributed by atoms with Crippen LogP contribution in [0.1, 0.15) is 16.7 Å². The molecule has 0 atom stereocenters. The van der Waals surface area contributed by atoms with Crippen LogP contribution in [0.4, 0.5) is 5.69 Å². The van der Waals surface area contributed by atoms with E-state index in [1.807, 2.05) is 38.1 Å². The normalized spacial score (nSPS) is 11.4. The summed E-state index contributed by atoms with van der Waals surface area (Å²) >= 11 is 3.41. The van der Waals surface area contributed by atoms with E-state index in [0.29, 0.717) is 10.6 Å². The maximum absolute atomic E-state index is 12.5. The van der Waals surface area contributed by atoms with E-state index in [4.69, 9.17) is 0 Å². The van der Waals surface area contributed by atoms with Gasteiger partial charge in [0, 0.05) is 4.47 Å². The molecule has 0 aromatic heterocycles. The van der Waals surface area contributed by atoms with Crippen molar-refractivity contribution in [3.05, 3.63) is 57.6 Å². The summed E-state index contributed by atoms with van der Waals surface area (Å²) in [5.41, 5.74) is 3.17. The van der Waals surface area contributed by atoms with Crippen molar-refractivity contribution in [1.29, 1.82) is 0 Å². The van der Waals surface area contributed by atoms with Gasteiger partial charge in [0.05, 0.1) is 10.6 Å². The Kier molecular flexibility index (Phi) is 4.20. The number of sulfonamides is 1. The van der Waals surface area contributed by atoms with Crippen molar-refractivity contribution in [2.45, 2.75) is 25.7 Å². The highest BCUT2D eigenvalue weighted by molar-refractivity contribution is 9.10. The van der Waals surface area contributed by atoms with E-state index in [1.54, 1.807) is 19.1 Å². The predicted octanol–water partition coefficient (Wildman–Crippen LogP) is 4.18. The molecule has 0 amide bonds. The van der Waals surface area contributed by atoms with E-state index >= 15 is 0 Å². The van der Waals surface area contributed by atoms with Crippen molar-refractivity contribution in [2.75, 3.05) is 4.72 Å². The number of hydrogen-bond acceptors (Lipinski definition) is 2. The molecule has 0 bridgehead atoms. The van der Waals surface area contributed by atoms with Gasteiger partial charge in [0.25, 0.3) is 10.0 Å². The molecule has 0 fully saturated rings. The summed E-state index contributed by atoms with van der Waals surface area (Å²) in [7, 11) is -3.59. The molecule has 0 aliphatic carbocycles. The molecule has 0 saturated carbocycles. The van der Waals surface area contributed by atoms with Gasteiger partial charge in [-0.3, -0.25) is 4.72 Å². The highest BCUT2D eigenvalue weighted by Gasteiger charge is 2.18. The minimum absolute atomic E-state index is 0.311. The quantitative estimate of drug-likeness (QED) is 0.899. The van der Waals surface area contributed by atoms with Crippen LogP contribution in [-0.4, -0.2) is 8.42 Å². The van der Waals surface area contributed by atoms with Crippen molar-refractivity contribution in [1.82, 2.24) is 0 Å². The average molecular weight is 354 g/mol. The maximum atomic E-state index is 12.5. The van der Waals surface area contributed by atoms with Crippen LogP contribution < -0.4 is 4.72 Å². The van der Waals surface area contributed by atoms with Crippen LogP contribution in [0, 0.1) is 20.8 Å². The molecule has 2 rings (SSSR count). The lowest BCUT2D eigenvalue weighted by molar-refractivity contribution is 0.600. The molecule has 2 aromatic rings. The molecule has 3 nitrogen and oxygen atoms in total. The van der Waals surface area contributed by atoms with Crippen LogP contribution >= 0.6 is 15.9 Å². The van der Waals surface area contributed by atoms with E-state index in [1.165, 1.54) is 0 Å². The number of hydrogen-bond donors (Lipinski definition) is 1. The van der Waals surface area contributed by atoms with Gasteiger partial charge in [0.2, 0.25) is 0 Å². The van der Waals surface area contributed by atoms with Crippen molar-refractivity contribution in [3.8, 4) is 0 Å². The van der Waals surface area contributed by atoms with Gasteiger partial charge in [-0.2, -0.15) is 0 Å². The zero-order chi connectivity index (χ0) is 14.9. The van der Waals surface area contributed by atoms with Crippen LogP contribution in [0.15, 0.2) is 45.8 Å².